The fourth-order valence-electron chi connectivity index (χ4n) is 3.28. The van der Waals surface area contributed by atoms with Crippen LogP contribution in [0.25, 0.3) is 0 Å². The van der Waals surface area contributed by atoms with E-state index in [9.17, 15) is 10.1 Å². The molecule has 7 nitrogen and oxygen atoms in total. The highest BCUT2D eigenvalue weighted by Crippen LogP contribution is 2.49. The number of para-hydroxylation sites is 1. The quantitative estimate of drug-likeness (QED) is 0.181. The van der Waals surface area contributed by atoms with Gasteiger partial charge in [0.25, 0.3) is 5.69 Å². The van der Waals surface area contributed by atoms with Crippen LogP contribution >= 0.6 is 34.7 Å². The molecule has 0 bridgehead atoms. The van der Waals surface area contributed by atoms with Crippen molar-refractivity contribution in [1.29, 1.82) is 0 Å². The van der Waals surface area contributed by atoms with Gasteiger partial charge in [0.15, 0.2) is 0 Å². The predicted octanol–water partition coefficient (Wildman–Crippen LogP) is 6.65. The smallest absolute Gasteiger partial charge is 0.269 e. The van der Waals surface area contributed by atoms with Crippen LogP contribution in [0.3, 0.4) is 0 Å². The number of hydrogen-bond donors (Lipinski definition) is 0. The molecule has 0 radical (unpaired) electrons. The van der Waals surface area contributed by atoms with Crippen LogP contribution in [0.2, 0.25) is 5.02 Å². The second-order valence-corrected chi connectivity index (χ2v) is 9.41. The van der Waals surface area contributed by atoms with Gasteiger partial charge in [-0.3, -0.25) is 10.1 Å². The molecular formula is C22H14ClN5O2S2. The molecule has 0 spiro atoms. The number of fused-ring (bicyclic) bond motifs is 2. The summed E-state index contributed by atoms with van der Waals surface area (Å²) in [6, 6.07) is 20.3. The van der Waals surface area contributed by atoms with Gasteiger partial charge in [0.2, 0.25) is 5.13 Å². The summed E-state index contributed by atoms with van der Waals surface area (Å²) >= 11 is 9.40. The van der Waals surface area contributed by atoms with Crippen molar-refractivity contribution in [3.05, 3.63) is 92.4 Å². The fourth-order valence-corrected chi connectivity index (χ4v) is 5.20. The second-order valence-electron chi connectivity index (χ2n) is 6.85. The minimum Gasteiger partial charge on any atom is -0.333 e. The van der Waals surface area contributed by atoms with E-state index in [4.69, 9.17) is 11.6 Å². The lowest BCUT2D eigenvalue weighted by atomic mass is 10.2. The van der Waals surface area contributed by atoms with Gasteiger partial charge in [0.05, 0.1) is 22.8 Å². The Kier molecular flexibility index (Phi) is 5.60. The summed E-state index contributed by atoms with van der Waals surface area (Å²) in [5.41, 5.74) is 2.92. The number of aliphatic imine (C=N–C) groups is 1. The van der Waals surface area contributed by atoms with Gasteiger partial charge in [0, 0.05) is 33.2 Å². The van der Waals surface area contributed by atoms with Gasteiger partial charge in [-0.25, -0.2) is 4.99 Å². The molecule has 4 aromatic rings. The zero-order valence-electron chi connectivity index (χ0n) is 16.4. The lowest BCUT2D eigenvalue weighted by Crippen LogP contribution is -2.20. The number of rotatable bonds is 5. The summed E-state index contributed by atoms with van der Waals surface area (Å²) in [6.07, 6.45) is 1.62. The van der Waals surface area contributed by atoms with Crippen molar-refractivity contribution in [2.24, 2.45) is 4.99 Å². The first-order valence-corrected chi connectivity index (χ1v) is 11.5. The van der Waals surface area contributed by atoms with Gasteiger partial charge in [-0.1, -0.05) is 46.8 Å². The Bertz CT molecular complexity index is 1340. The molecule has 0 atom stereocenters. The zero-order valence-corrected chi connectivity index (χ0v) is 18.8. The number of benzene rings is 3. The van der Waals surface area contributed by atoms with E-state index in [2.05, 4.69) is 32.2 Å². The average molecular weight is 480 g/mol. The Morgan fingerprint density at radius 3 is 2.62 bits per heavy atom. The number of nitro groups is 1. The van der Waals surface area contributed by atoms with Crippen LogP contribution in [-0.2, 0) is 6.54 Å². The minimum atomic E-state index is -0.430. The number of nitro benzene ring substituents is 1. The molecule has 158 valence electrons. The average Bonchev–Trinajstić information content (AvgIpc) is 3.25. The molecule has 0 fully saturated rings. The number of aromatic nitrogens is 2. The Hall–Kier alpha value is -3.27. The van der Waals surface area contributed by atoms with E-state index in [-0.39, 0.29) is 5.69 Å². The molecule has 3 aromatic carbocycles. The maximum Gasteiger partial charge on any atom is 0.269 e. The summed E-state index contributed by atoms with van der Waals surface area (Å²) in [6.45, 7) is 0.537. The maximum absolute atomic E-state index is 10.8. The first kappa shape index (κ1) is 20.6. The number of anilines is 2. The first-order valence-electron chi connectivity index (χ1n) is 9.52. The number of nitrogens with zero attached hydrogens (tertiary/aromatic N) is 5. The van der Waals surface area contributed by atoms with Crippen molar-refractivity contribution in [1.82, 2.24) is 10.2 Å². The minimum absolute atomic E-state index is 0.0423. The molecule has 0 aliphatic carbocycles. The summed E-state index contributed by atoms with van der Waals surface area (Å²) in [7, 11) is 0. The van der Waals surface area contributed by atoms with Crippen LogP contribution in [0.1, 0.15) is 10.6 Å². The van der Waals surface area contributed by atoms with Crippen molar-refractivity contribution in [3.8, 4) is 0 Å². The molecule has 1 aliphatic heterocycles. The van der Waals surface area contributed by atoms with Gasteiger partial charge in [-0.15, -0.1) is 10.2 Å². The van der Waals surface area contributed by atoms with Gasteiger partial charge in [-0.2, -0.15) is 0 Å². The Labute approximate surface area is 196 Å². The van der Waals surface area contributed by atoms with E-state index in [1.165, 1.54) is 28.4 Å². The van der Waals surface area contributed by atoms with Crippen LogP contribution in [0.5, 0.6) is 0 Å². The first-order chi connectivity index (χ1) is 15.6. The van der Waals surface area contributed by atoms with E-state index in [0.29, 0.717) is 16.7 Å². The molecule has 0 N–H and O–H groups in total. The van der Waals surface area contributed by atoms with E-state index >= 15 is 0 Å². The molecule has 10 heteroatoms. The van der Waals surface area contributed by atoms with Gasteiger partial charge in [0.1, 0.15) is 5.01 Å². The lowest BCUT2D eigenvalue weighted by Gasteiger charge is -2.32. The highest BCUT2D eigenvalue weighted by Gasteiger charge is 2.24. The second kappa shape index (κ2) is 8.70. The molecule has 0 saturated heterocycles. The van der Waals surface area contributed by atoms with E-state index in [0.717, 1.165) is 26.8 Å². The van der Waals surface area contributed by atoms with Crippen molar-refractivity contribution in [2.45, 2.75) is 16.3 Å². The van der Waals surface area contributed by atoms with Gasteiger partial charge in [-0.05, 0) is 48.0 Å². The van der Waals surface area contributed by atoms with Crippen LogP contribution in [-0.4, -0.2) is 21.3 Å². The highest BCUT2D eigenvalue weighted by atomic mass is 35.5. The molecule has 0 unspecified atom stereocenters. The third kappa shape index (κ3) is 4.22. The van der Waals surface area contributed by atoms with Crippen molar-refractivity contribution < 1.29 is 4.92 Å². The van der Waals surface area contributed by atoms with Crippen molar-refractivity contribution >= 4 is 63.1 Å². The SMILES string of the molecule is O=[N+]([O-])c1ccc(/C=N/c2nnc(CN3c4ccccc4Sc4ccc(Cl)cc43)s2)cc1. The van der Waals surface area contributed by atoms with Crippen LogP contribution < -0.4 is 4.90 Å². The highest BCUT2D eigenvalue weighted by molar-refractivity contribution is 7.99. The Morgan fingerprint density at radius 2 is 1.81 bits per heavy atom. The van der Waals surface area contributed by atoms with Crippen molar-refractivity contribution in [3.63, 3.8) is 0 Å². The van der Waals surface area contributed by atoms with E-state index < -0.39 is 4.92 Å². The molecule has 0 saturated carbocycles. The van der Waals surface area contributed by atoms with Crippen LogP contribution in [0.4, 0.5) is 22.2 Å². The number of hydrogen-bond acceptors (Lipinski definition) is 8. The van der Waals surface area contributed by atoms with Crippen molar-refractivity contribution in [2.75, 3.05) is 4.90 Å². The monoisotopic (exact) mass is 479 g/mol. The van der Waals surface area contributed by atoms with E-state index in [1.807, 2.05) is 30.3 Å². The zero-order chi connectivity index (χ0) is 22.1. The normalized spacial score (nSPS) is 12.6. The predicted molar refractivity (Wildman–Crippen MR) is 128 cm³/mol. The van der Waals surface area contributed by atoms with Gasteiger partial charge < -0.3 is 4.90 Å². The Morgan fingerprint density at radius 1 is 1.03 bits per heavy atom. The number of non-ortho nitro benzene ring substituents is 1. The topological polar surface area (TPSA) is 84.5 Å². The van der Waals surface area contributed by atoms with Crippen LogP contribution in [0, 0.1) is 10.1 Å². The molecule has 1 aromatic heterocycles. The summed E-state index contributed by atoms with van der Waals surface area (Å²) < 4.78 is 0. The molecule has 32 heavy (non-hydrogen) atoms. The Balaban J connectivity index is 1.39. The standard InChI is InChI=1S/C22H14ClN5O2S2/c23-15-7-10-20-18(11-15)27(17-3-1-2-4-19(17)31-20)13-21-25-26-22(32-21)24-12-14-5-8-16(9-6-14)28(29)30/h1-12H,13H2/b24-12+. The lowest BCUT2D eigenvalue weighted by molar-refractivity contribution is -0.384. The molecular weight excluding hydrogens is 466 g/mol. The maximum atomic E-state index is 10.8. The van der Waals surface area contributed by atoms with Gasteiger partial charge >= 0.3 is 0 Å². The summed E-state index contributed by atoms with van der Waals surface area (Å²) in [5, 5.41) is 21.3. The fraction of sp³-hybridized carbons (Fsp3) is 0.0455. The molecule has 5 rings (SSSR count). The third-order valence-corrected chi connectivity index (χ3v) is 6.95. The number of halogens is 1. The molecule has 0 amide bonds. The largest absolute Gasteiger partial charge is 0.333 e. The van der Waals surface area contributed by atoms with E-state index in [1.54, 1.807) is 30.1 Å². The summed E-state index contributed by atoms with van der Waals surface area (Å²) in [5.74, 6) is 0. The summed E-state index contributed by atoms with van der Waals surface area (Å²) in [4.78, 5) is 19.2. The third-order valence-electron chi connectivity index (χ3n) is 4.77. The molecule has 2 heterocycles. The van der Waals surface area contributed by atoms with Crippen LogP contribution in [0.15, 0.2) is 81.5 Å². The molecule has 1 aliphatic rings.